The van der Waals surface area contributed by atoms with Crippen molar-refractivity contribution >= 4 is 0 Å². The summed E-state index contributed by atoms with van der Waals surface area (Å²) in [5.74, 6) is 0. The van der Waals surface area contributed by atoms with Gasteiger partial charge >= 0.3 is 0 Å². The molecule has 0 heterocycles. The van der Waals surface area contributed by atoms with Crippen LogP contribution in [0.3, 0.4) is 0 Å². The molecular formula is C8H9-. The van der Waals surface area contributed by atoms with Crippen molar-refractivity contribution in [3.05, 3.63) is 42.5 Å². The summed E-state index contributed by atoms with van der Waals surface area (Å²) in [5.41, 5.74) is 1.35. The van der Waals surface area contributed by atoms with Gasteiger partial charge in [-0.3, -0.25) is 0 Å². The summed E-state index contributed by atoms with van der Waals surface area (Å²) in [4.78, 5) is 0. The minimum absolute atomic E-state index is 0.993. The van der Waals surface area contributed by atoms with Gasteiger partial charge < -0.3 is 0 Å². The van der Waals surface area contributed by atoms with Crippen molar-refractivity contribution in [3.63, 3.8) is 0 Å². The summed E-state index contributed by atoms with van der Waals surface area (Å²) in [6.07, 6.45) is 2.91. The van der Waals surface area contributed by atoms with E-state index in [-0.39, 0.29) is 0 Å². The number of allylic oxidation sites excluding steroid dienone is 1. The highest BCUT2D eigenvalue weighted by Crippen LogP contribution is 1.99. The number of rotatable bonds is 2. The molecule has 0 aliphatic heterocycles. The Hall–Kier alpha value is -0.910. The third-order valence-corrected chi connectivity index (χ3v) is 1.11. The lowest BCUT2D eigenvalue weighted by Gasteiger charge is -1.92. The van der Waals surface area contributed by atoms with Crippen LogP contribution in [0.5, 0.6) is 0 Å². The van der Waals surface area contributed by atoms with E-state index in [1.807, 2.05) is 18.2 Å². The van der Waals surface area contributed by atoms with Gasteiger partial charge in [-0.25, -0.2) is 6.07 Å². The van der Waals surface area contributed by atoms with E-state index in [4.69, 9.17) is 0 Å². The third-order valence-electron chi connectivity index (χ3n) is 1.11. The van der Waals surface area contributed by atoms with Crippen LogP contribution in [-0.4, -0.2) is 0 Å². The zero-order chi connectivity index (χ0) is 5.82. The minimum Gasteiger partial charge on any atom is -0.210 e. The molecule has 0 saturated heterocycles. The van der Waals surface area contributed by atoms with Gasteiger partial charge in [0.2, 0.25) is 0 Å². The molecule has 0 aliphatic carbocycles. The lowest BCUT2D eigenvalue weighted by atomic mass is 10.2. The lowest BCUT2D eigenvalue weighted by Crippen LogP contribution is -1.69. The highest BCUT2D eigenvalue weighted by Gasteiger charge is 1.72. The van der Waals surface area contributed by atoms with Crippen LogP contribution in [-0.2, 0) is 6.42 Å². The molecule has 0 saturated carbocycles. The van der Waals surface area contributed by atoms with Gasteiger partial charge in [0, 0.05) is 0 Å². The van der Waals surface area contributed by atoms with Crippen molar-refractivity contribution in [2.75, 3.05) is 0 Å². The Bertz CT molecular complexity index is 147. The first kappa shape index (κ1) is 5.23. The summed E-state index contributed by atoms with van der Waals surface area (Å²) >= 11 is 0. The Kier molecular flexibility index (Phi) is 1.58. The van der Waals surface area contributed by atoms with Gasteiger partial charge in [-0.2, -0.15) is 23.8 Å². The van der Waals surface area contributed by atoms with Gasteiger partial charge in [0.25, 0.3) is 0 Å². The van der Waals surface area contributed by atoms with Crippen LogP contribution in [0, 0.1) is 0 Å². The van der Waals surface area contributed by atoms with Crippen molar-refractivity contribution in [1.29, 1.82) is 0 Å². The molecule has 0 nitrogen and oxygen atoms in total. The number of hydrogen-bond donors (Lipinski definition) is 0. The molecule has 0 unspecified atom stereocenters. The summed E-state index contributed by atoms with van der Waals surface area (Å²) < 4.78 is 0. The van der Waals surface area contributed by atoms with E-state index in [1.54, 1.807) is 0 Å². The Morgan fingerprint density at radius 1 is 1.75 bits per heavy atom. The molecular weight excluding hydrogens is 96.1 g/mol. The molecule has 0 heteroatoms. The molecule has 0 atom stereocenters. The van der Waals surface area contributed by atoms with E-state index in [9.17, 15) is 0 Å². The quantitative estimate of drug-likeness (QED) is 0.399. The van der Waals surface area contributed by atoms with Crippen molar-refractivity contribution in [2.24, 2.45) is 0 Å². The maximum absolute atomic E-state index is 3.64. The fourth-order valence-electron chi connectivity index (χ4n) is 0.717. The van der Waals surface area contributed by atoms with E-state index in [2.05, 4.69) is 18.7 Å². The second kappa shape index (κ2) is 2.41. The first-order valence-electron chi connectivity index (χ1n) is 2.75. The normalized spacial score (nSPS) is 9.00. The molecule has 0 aliphatic rings. The van der Waals surface area contributed by atoms with Gasteiger partial charge in [0.1, 0.15) is 0 Å². The maximum Gasteiger partial charge on any atom is -0.0660 e. The van der Waals surface area contributed by atoms with Gasteiger partial charge in [0.05, 0.1) is 0 Å². The SMILES string of the molecule is C=CCc1cc[cH-]c1. The Morgan fingerprint density at radius 3 is 3.12 bits per heavy atom. The summed E-state index contributed by atoms with van der Waals surface area (Å²) in [6.45, 7) is 3.64. The molecule has 8 heavy (non-hydrogen) atoms. The first-order chi connectivity index (χ1) is 3.93. The lowest BCUT2D eigenvalue weighted by molar-refractivity contribution is 1.30. The minimum atomic E-state index is 0.993. The molecule has 1 rings (SSSR count). The van der Waals surface area contributed by atoms with Crippen LogP contribution in [0.15, 0.2) is 36.9 Å². The second-order valence-electron chi connectivity index (χ2n) is 1.79. The van der Waals surface area contributed by atoms with E-state index in [0.717, 1.165) is 6.42 Å². The Morgan fingerprint density at radius 2 is 2.62 bits per heavy atom. The second-order valence-corrected chi connectivity index (χ2v) is 1.79. The van der Waals surface area contributed by atoms with Gasteiger partial charge in [0.15, 0.2) is 0 Å². The summed E-state index contributed by atoms with van der Waals surface area (Å²) in [7, 11) is 0. The van der Waals surface area contributed by atoms with E-state index < -0.39 is 0 Å². The molecule has 0 N–H and O–H groups in total. The largest absolute Gasteiger partial charge is 0.210 e. The van der Waals surface area contributed by atoms with Crippen LogP contribution >= 0.6 is 0 Å². The zero-order valence-corrected chi connectivity index (χ0v) is 4.80. The van der Waals surface area contributed by atoms with Gasteiger partial charge in [-0.05, 0) is 0 Å². The molecule has 0 bridgehead atoms. The van der Waals surface area contributed by atoms with Crippen molar-refractivity contribution in [1.82, 2.24) is 0 Å². The molecule has 0 aromatic heterocycles. The van der Waals surface area contributed by atoms with E-state index >= 15 is 0 Å². The monoisotopic (exact) mass is 105 g/mol. The highest BCUT2D eigenvalue weighted by atomic mass is 13.9. The molecule has 42 valence electrons. The van der Waals surface area contributed by atoms with Gasteiger partial charge in [-0.15, -0.1) is 6.58 Å². The van der Waals surface area contributed by atoms with Crippen molar-refractivity contribution < 1.29 is 0 Å². The first-order valence-corrected chi connectivity index (χ1v) is 2.75. The summed E-state index contributed by atoms with van der Waals surface area (Å²) in [5, 5.41) is 0. The maximum atomic E-state index is 3.64. The average molecular weight is 105 g/mol. The number of hydrogen-bond acceptors (Lipinski definition) is 0. The molecule has 1 aromatic carbocycles. The molecule has 1 aromatic rings. The highest BCUT2D eigenvalue weighted by molar-refractivity contribution is 5.18. The third kappa shape index (κ3) is 1.03. The Labute approximate surface area is 49.8 Å². The standard InChI is InChI=1S/C8H9/c1-2-5-8-6-3-4-7-8/h2-4,6-7H,1,5H2/q-1. The van der Waals surface area contributed by atoms with Crippen molar-refractivity contribution in [3.8, 4) is 0 Å². The molecule has 0 fully saturated rings. The molecule has 0 radical (unpaired) electrons. The van der Waals surface area contributed by atoms with Crippen LogP contribution in [0.4, 0.5) is 0 Å². The van der Waals surface area contributed by atoms with Crippen molar-refractivity contribution in [2.45, 2.75) is 6.42 Å². The van der Waals surface area contributed by atoms with Crippen LogP contribution < -0.4 is 0 Å². The molecule has 0 amide bonds. The van der Waals surface area contributed by atoms with Gasteiger partial charge in [-0.1, -0.05) is 12.5 Å². The predicted octanol–water partition coefficient (Wildman–Crippen LogP) is 2.13. The fourth-order valence-corrected chi connectivity index (χ4v) is 0.717. The molecule has 0 spiro atoms. The van der Waals surface area contributed by atoms with Crippen LogP contribution in [0.25, 0.3) is 0 Å². The Balaban J connectivity index is 2.62. The van der Waals surface area contributed by atoms with E-state index in [1.165, 1.54) is 5.56 Å². The fraction of sp³-hybridized carbons (Fsp3) is 0.125. The predicted molar refractivity (Wildman–Crippen MR) is 35.9 cm³/mol. The smallest absolute Gasteiger partial charge is 0.0660 e. The topological polar surface area (TPSA) is 0 Å². The van der Waals surface area contributed by atoms with Crippen LogP contribution in [0.1, 0.15) is 5.56 Å². The summed E-state index contributed by atoms with van der Waals surface area (Å²) in [6, 6.07) is 8.28. The van der Waals surface area contributed by atoms with E-state index in [0.29, 0.717) is 0 Å². The average Bonchev–Trinajstić information content (AvgIpc) is 2.19. The van der Waals surface area contributed by atoms with Crippen LogP contribution in [0.2, 0.25) is 0 Å². The zero-order valence-electron chi connectivity index (χ0n) is 4.80.